The number of hydrogen-bond acceptors (Lipinski definition) is 3. The molecule has 1 atom stereocenters. The molecule has 1 aliphatic heterocycles. The topological polar surface area (TPSA) is 70.0 Å². The van der Waals surface area contributed by atoms with Crippen LogP contribution < -0.4 is 0 Å². The van der Waals surface area contributed by atoms with Crippen molar-refractivity contribution < 1.29 is 14.7 Å². The fraction of sp³-hybridized carbons (Fsp3) is 0.167. The fourth-order valence-electron chi connectivity index (χ4n) is 4.90. The van der Waals surface area contributed by atoms with E-state index in [2.05, 4.69) is 66.7 Å². The Morgan fingerprint density at radius 2 is 1.46 bits per heavy atom. The van der Waals surface area contributed by atoms with Gasteiger partial charge in [-0.3, -0.25) is 9.59 Å². The third kappa shape index (κ3) is 4.10. The highest BCUT2D eigenvalue weighted by molar-refractivity contribution is 6.23. The number of hydrogen-bond donors (Lipinski definition) is 1. The highest BCUT2D eigenvalue weighted by Gasteiger charge is 2.32. The van der Waals surface area contributed by atoms with Crippen molar-refractivity contribution in [1.82, 2.24) is 5.01 Å². The van der Waals surface area contributed by atoms with E-state index in [1.165, 1.54) is 32.3 Å². The Kier molecular flexibility index (Phi) is 5.91. The molecule has 1 heterocycles. The largest absolute Gasteiger partial charge is 0.481 e. The molecule has 0 saturated carbocycles. The lowest BCUT2D eigenvalue weighted by Crippen LogP contribution is -2.24. The molecule has 1 aliphatic rings. The highest BCUT2D eigenvalue weighted by atomic mass is 16.4. The minimum Gasteiger partial charge on any atom is -0.481 e. The second-order valence-corrected chi connectivity index (χ2v) is 8.75. The Morgan fingerprint density at radius 3 is 2.09 bits per heavy atom. The van der Waals surface area contributed by atoms with Gasteiger partial charge in [0.25, 0.3) is 0 Å². The van der Waals surface area contributed by atoms with Crippen LogP contribution in [0.2, 0.25) is 0 Å². The van der Waals surface area contributed by atoms with Crippen LogP contribution in [0.3, 0.4) is 0 Å². The molecule has 0 spiro atoms. The third-order valence-corrected chi connectivity index (χ3v) is 6.56. The lowest BCUT2D eigenvalue weighted by molar-refractivity contribution is -0.136. The van der Waals surface area contributed by atoms with Crippen molar-refractivity contribution in [3.05, 3.63) is 96.1 Å². The van der Waals surface area contributed by atoms with E-state index in [1.54, 1.807) is 18.9 Å². The molecular formula is C30H26N2O3. The zero-order chi connectivity index (χ0) is 24.5. The molecule has 5 aromatic rings. The average Bonchev–Trinajstić information content (AvgIpc) is 3.34. The van der Waals surface area contributed by atoms with Crippen molar-refractivity contribution in [2.75, 3.05) is 0 Å². The Labute approximate surface area is 203 Å². The summed E-state index contributed by atoms with van der Waals surface area (Å²) in [6.45, 7) is 3.20. The molecule has 1 N–H and O–H groups in total. The minimum absolute atomic E-state index is 0.0309. The molecule has 174 valence electrons. The van der Waals surface area contributed by atoms with Gasteiger partial charge in [-0.2, -0.15) is 5.10 Å². The van der Waals surface area contributed by atoms with Gasteiger partial charge in [-0.1, -0.05) is 91.9 Å². The fourth-order valence-corrected chi connectivity index (χ4v) is 4.90. The van der Waals surface area contributed by atoms with Crippen molar-refractivity contribution in [3.8, 4) is 0 Å². The molecule has 0 radical (unpaired) electrons. The Morgan fingerprint density at radius 1 is 0.857 bits per heavy atom. The van der Waals surface area contributed by atoms with Gasteiger partial charge in [-0.25, -0.2) is 5.01 Å². The maximum atomic E-state index is 12.5. The quantitative estimate of drug-likeness (QED) is 0.301. The molecule has 5 heteroatoms. The zero-order valence-electron chi connectivity index (χ0n) is 19.7. The summed E-state index contributed by atoms with van der Waals surface area (Å²) in [7, 11) is 0. The lowest BCUT2D eigenvalue weighted by atomic mass is 9.88. The van der Waals surface area contributed by atoms with Gasteiger partial charge >= 0.3 is 5.97 Å². The number of carboxylic acids is 1. The van der Waals surface area contributed by atoms with Crippen LogP contribution in [0.4, 0.5) is 0 Å². The van der Waals surface area contributed by atoms with Crippen molar-refractivity contribution in [2.24, 2.45) is 5.10 Å². The smallest absolute Gasteiger partial charge is 0.303 e. The number of aliphatic carboxylic acids is 1. The molecule has 0 aromatic heterocycles. The van der Waals surface area contributed by atoms with E-state index in [1.807, 2.05) is 18.2 Å². The molecule has 0 bridgehead atoms. The number of carbonyl (C=O) groups excluding carboxylic acids is 1. The molecule has 5 aromatic carbocycles. The van der Waals surface area contributed by atoms with E-state index in [0.717, 1.165) is 16.8 Å². The zero-order valence-corrected chi connectivity index (χ0v) is 19.7. The Hall–Kier alpha value is -4.25. The van der Waals surface area contributed by atoms with E-state index in [-0.39, 0.29) is 18.4 Å². The molecule has 0 fully saturated rings. The first-order valence-corrected chi connectivity index (χ1v) is 11.8. The van der Waals surface area contributed by atoms with Gasteiger partial charge < -0.3 is 5.11 Å². The number of nitrogens with zero attached hydrogens (tertiary/aromatic N) is 2. The average molecular weight is 463 g/mol. The molecule has 6 rings (SSSR count). The van der Waals surface area contributed by atoms with Crippen LogP contribution in [-0.2, 0) is 9.59 Å². The molecule has 0 aliphatic carbocycles. The Balaban J connectivity index is 0.000000464. The lowest BCUT2D eigenvalue weighted by Gasteiger charge is -2.23. The molecule has 35 heavy (non-hydrogen) atoms. The van der Waals surface area contributed by atoms with E-state index >= 15 is 0 Å². The normalized spacial score (nSPS) is 15.3. The van der Waals surface area contributed by atoms with Gasteiger partial charge in [0.1, 0.15) is 0 Å². The number of carboxylic acid groups (broad SMARTS) is 1. The second-order valence-electron chi connectivity index (χ2n) is 8.75. The molecule has 5 nitrogen and oxygen atoms in total. The van der Waals surface area contributed by atoms with Gasteiger partial charge in [0, 0.05) is 19.8 Å². The summed E-state index contributed by atoms with van der Waals surface area (Å²) < 4.78 is 0. The van der Waals surface area contributed by atoms with E-state index in [4.69, 9.17) is 10.2 Å². The summed E-state index contributed by atoms with van der Waals surface area (Å²) in [6, 6.07) is 29.6. The molecule has 0 saturated heterocycles. The summed E-state index contributed by atoms with van der Waals surface area (Å²) >= 11 is 0. The summed E-state index contributed by atoms with van der Waals surface area (Å²) in [5.41, 5.74) is 3.19. The first kappa shape index (κ1) is 22.5. The van der Waals surface area contributed by atoms with Gasteiger partial charge in [0.05, 0.1) is 11.8 Å². The highest BCUT2D eigenvalue weighted by Crippen LogP contribution is 2.41. The number of carbonyl (C=O) groups is 2. The Bertz CT molecular complexity index is 1560. The van der Waals surface area contributed by atoms with Crippen molar-refractivity contribution in [1.29, 1.82) is 0 Å². The minimum atomic E-state index is -0.745. The first-order valence-electron chi connectivity index (χ1n) is 11.8. The summed E-state index contributed by atoms with van der Waals surface area (Å²) in [5.74, 6) is -0.776. The number of benzene rings is 5. The van der Waals surface area contributed by atoms with Crippen molar-refractivity contribution in [3.63, 3.8) is 0 Å². The second kappa shape index (κ2) is 9.18. The molecule has 1 amide bonds. The summed E-state index contributed by atoms with van der Waals surface area (Å²) in [5, 5.41) is 21.6. The summed E-state index contributed by atoms with van der Waals surface area (Å²) in [4.78, 5) is 21.9. The van der Waals surface area contributed by atoms with Crippen molar-refractivity contribution >= 4 is 49.9 Å². The van der Waals surface area contributed by atoms with Crippen LogP contribution in [0.15, 0.2) is 90.0 Å². The van der Waals surface area contributed by atoms with Gasteiger partial charge in [-0.15, -0.1) is 0 Å². The van der Waals surface area contributed by atoms with Crippen molar-refractivity contribution in [2.45, 2.75) is 32.7 Å². The predicted octanol–water partition coefficient (Wildman–Crippen LogP) is 6.76. The maximum Gasteiger partial charge on any atom is 0.303 e. The predicted molar refractivity (Wildman–Crippen MR) is 141 cm³/mol. The van der Waals surface area contributed by atoms with Crippen LogP contribution in [0.5, 0.6) is 0 Å². The van der Waals surface area contributed by atoms with Crippen LogP contribution in [0.1, 0.15) is 43.9 Å². The monoisotopic (exact) mass is 462 g/mol. The van der Waals surface area contributed by atoms with Gasteiger partial charge in [-0.05, 0) is 43.4 Å². The third-order valence-electron chi connectivity index (χ3n) is 6.56. The van der Waals surface area contributed by atoms with Gasteiger partial charge in [0.15, 0.2) is 0 Å². The number of amides is 1. The van der Waals surface area contributed by atoms with E-state index in [0.29, 0.717) is 6.42 Å². The van der Waals surface area contributed by atoms with Crippen LogP contribution >= 0.6 is 0 Å². The van der Waals surface area contributed by atoms with Crippen LogP contribution in [0, 0.1) is 0 Å². The SMILES string of the molecule is CC(=O)N1N=C(c2ccccc2)C[C@H]1c1ccc2ccc3cccc4ccc1c2c34.CCC(=O)O. The van der Waals surface area contributed by atoms with Crippen LogP contribution in [-0.4, -0.2) is 27.7 Å². The maximum absolute atomic E-state index is 12.5. The first-order chi connectivity index (χ1) is 17.0. The molecule has 0 unspecified atom stereocenters. The van der Waals surface area contributed by atoms with Gasteiger partial charge in [0.2, 0.25) is 5.91 Å². The van der Waals surface area contributed by atoms with Crippen LogP contribution in [0.25, 0.3) is 32.3 Å². The van der Waals surface area contributed by atoms with E-state index < -0.39 is 5.97 Å². The number of hydrazone groups is 1. The summed E-state index contributed by atoms with van der Waals surface area (Å²) in [6.07, 6.45) is 0.938. The number of rotatable bonds is 3. The standard InChI is InChI=1S/C27H20N2O.C3H6O2/c1-17(30)29-25(16-24(28-29)18-6-3-2-4-7-18)22-14-12-21-11-10-19-8-5-9-20-13-15-23(22)27(21)26(19)20;1-2-3(4)5/h2-15,25H,16H2,1H3;2H2,1H3,(H,4,5)/t25-;/m0./s1. The van der Waals surface area contributed by atoms with E-state index in [9.17, 15) is 9.59 Å². The molecular weight excluding hydrogens is 436 g/mol.